The largest absolute Gasteiger partial charge is 0.487 e. The average Bonchev–Trinajstić information content (AvgIpc) is 3.42. The highest BCUT2D eigenvalue weighted by molar-refractivity contribution is 5.72. The van der Waals surface area contributed by atoms with Crippen molar-refractivity contribution in [1.82, 2.24) is 20.3 Å². The minimum atomic E-state index is -0.362. The zero-order chi connectivity index (χ0) is 24.5. The lowest BCUT2D eigenvalue weighted by molar-refractivity contribution is 0.136. The Labute approximate surface area is 207 Å². The average molecular weight is 481 g/mol. The van der Waals surface area contributed by atoms with Gasteiger partial charge in [0, 0.05) is 35.8 Å². The molecule has 2 aromatic heterocycles. The van der Waals surface area contributed by atoms with Crippen molar-refractivity contribution in [3.8, 4) is 5.75 Å². The molecule has 0 spiro atoms. The van der Waals surface area contributed by atoms with Gasteiger partial charge in [-0.05, 0) is 66.6 Å². The second-order valence-electron chi connectivity index (χ2n) is 8.79. The summed E-state index contributed by atoms with van der Waals surface area (Å²) in [6.45, 7) is 2.37. The molecule has 9 nitrogen and oxygen atoms in total. The number of alkyl carbamates (subject to hydrolysis) is 1. The van der Waals surface area contributed by atoms with E-state index in [0.29, 0.717) is 18.4 Å². The van der Waals surface area contributed by atoms with Gasteiger partial charge >= 0.3 is 6.09 Å². The highest BCUT2D eigenvalue weighted by Crippen LogP contribution is 2.38. The standard InChI is InChI=1S/C27H24N6O3/c1-16-14-29-26(31-19-6-5-17-12-23-24(22(17)13-19)32-27(34)36-23)33-25(16)30-18-7-9-21(10-8-18)35-15-20-4-2-3-11-28-20/h2-11,13-14,23-24H,12,15H2,1H3,(H,32,34)(H2,29,30,31,33)/t23?,24-/m1/s1. The van der Waals surface area contributed by atoms with Crippen LogP contribution in [0.25, 0.3) is 0 Å². The first-order chi connectivity index (χ1) is 17.6. The van der Waals surface area contributed by atoms with E-state index in [0.717, 1.165) is 40.4 Å². The van der Waals surface area contributed by atoms with Gasteiger partial charge in [-0.1, -0.05) is 12.1 Å². The van der Waals surface area contributed by atoms with Crippen molar-refractivity contribution in [3.63, 3.8) is 0 Å². The van der Waals surface area contributed by atoms with Crippen molar-refractivity contribution >= 4 is 29.2 Å². The minimum absolute atomic E-state index is 0.110. The predicted octanol–water partition coefficient (Wildman–Crippen LogP) is 4.95. The Morgan fingerprint density at radius 1 is 1.06 bits per heavy atom. The number of benzene rings is 2. The number of carbonyl (C=O) groups is 1. The van der Waals surface area contributed by atoms with Crippen LogP contribution in [0.4, 0.5) is 27.9 Å². The van der Waals surface area contributed by atoms with Crippen molar-refractivity contribution < 1.29 is 14.3 Å². The molecule has 1 aliphatic heterocycles. The fourth-order valence-corrected chi connectivity index (χ4v) is 4.43. The summed E-state index contributed by atoms with van der Waals surface area (Å²) >= 11 is 0. The molecule has 0 radical (unpaired) electrons. The minimum Gasteiger partial charge on any atom is -0.487 e. The zero-order valence-corrected chi connectivity index (χ0v) is 19.6. The van der Waals surface area contributed by atoms with E-state index in [4.69, 9.17) is 9.47 Å². The first-order valence-corrected chi connectivity index (χ1v) is 11.7. The molecule has 3 N–H and O–H groups in total. The van der Waals surface area contributed by atoms with E-state index in [1.807, 2.05) is 61.5 Å². The van der Waals surface area contributed by atoms with Gasteiger partial charge in [-0.3, -0.25) is 4.98 Å². The molecule has 1 fully saturated rings. The van der Waals surface area contributed by atoms with Gasteiger partial charge in [-0.2, -0.15) is 4.98 Å². The molecular formula is C27H24N6O3. The highest BCUT2D eigenvalue weighted by Gasteiger charge is 2.41. The number of rotatable bonds is 7. The first kappa shape index (κ1) is 21.8. The van der Waals surface area contributed by atoms with Crippen molar-refractivity contribution in [3.05, 3.63) is 95.4 Å². The highest BCUT2D eigenvalue weighted by atomic mass is 16.6. The van der Waals surface area contributed by atoms with E-state index in [-0.39, 0.29) is 18.2 Å². The summed E-state index contributed by atoms with van der Waals surface area (Å²) in [6, 6.07) is 19.4. The number of nitrogens with zero attached hydrogens (tertiary/aromatic N) is 3. The van der Waals surface area contributed by atoms with Crippen LogP contribution in [0.1, 0.15) is 28.4 Å². The molecule has 1 amide bonds. The van der Waals surface area contributed by atoms with Crippen LogP contribution in [0.2, 0.25) is 0 Å². The summed E-state index contributed by atoms with van der Waals surface area (Å²) in [7, 11) is 0. The Balaban J connectivity index is 1.13. The van der Waals surface area contributed by atoms with Crippen LogP contribution in [0.5, 0.6) is 5.75 Å². The summed E-state index contributed by atoms with van der Waals surface area (Å²) < 4.78 is 11.2. The second-order valence-corrected chi connectivity index (χ2v) is 8.79. The van der Waals surface area contributed by atoms with Gasteiger partial charge in [0.1, 0.15) is 24.3 Å². The molecule has 9 heteroatoms. The Bertz CT molecular complexity index is 1410. The van der Waals surface area contributed by atoms with E-state index in [9.17, 15) is 4.79 Å². The van der Waals surface area contributed by atoms with Gasteiger partial charge < -0.3 is 25.4 Å². The Morgan fingerprint density at radius 2 is 1.92 bits per heavy atom. The third kappa shape index (κ3) is 4.50. The van der Waals surface area contributed by atoms with Gasteiger partial charge in [0.15, 0.2) is 0 Å². The van der Waals surface area contributed by atoms with Crippen LogP contribution in [0.15, 0.2) is 73.1 Å². The molecule has 2 atom stereocenters. The van der Waals surface area contributed by atoms with Crippen LogP contribution in [0.3, 0.4) is 0 Å². The summed E-state index contributed by atoms with van der Waals surface area (Å²) in [4.78, 5) is 25.0. The molecular weight excluding hydrogens is 456 g/mol. The van der Waals surface area contributed by atoms with Crippen molar-refractivity contribution in [2.75, 3.05) is 10.6 Å². The number of ether oxygens (including phenoxy) is 2. The summed E-state index contributed by atoms with van der Waals surface area (Å²) in [5, 5.41) is 9.52. The molecule has 6 rings (SSSR count). The van der Waals surface area contributed by atoms with Gasteiger partial charge in [0.2, 0.25) is 5.95 Å². The maximum Gasteiger partial charge on any atom is 0.408 e. The van der Waals surface area contributed by atoms with E-state index in [2.05, 4.69) is 37.0 Å². The summed E-state index contributed by atoms with van der Waals surface area (Å²) in [6.07, 6.45) is 3.75. The van der Waals surface area contributed by atoms with Crippen LogP contribution in [-0.2, 0) is 17.8 Å². The number of aryl methyl sites for hydroxylation is 1. The predicted molar refractivity (Wildman–Crippen MR) is 135 cm³/mol. The summed E-state index contributed by atoms with van der Waals surface area (Å²) in [5.74, 6) is 1.93. The molecule has 1 unspecified atom stereocenters. The van der Waals surface area contributed by atoms with Gasteiger partial charge in [-0.15, -0.1) is 0 Å². The molecule has 36 heavy (non-hydrogen) atoms. The van der Waals surface area contributed by atoms with E-state index in [1.54, 1.807) is 12.4 Å². The Morgan fingerprint density at radius 3 is 2.75 bits per heavy atom. The topological polar surface area (TPSA) is 110 Å². The number of nitrogens with one attached hydrogen (secondary N) is 3. The molecule has 3 heterocycles. The molecule has 2 aromatic carbocycles. The van der Waals surface area contributed by atoms with Crippen molar-refractivity contribution in [2.24, 2.45) is 0 Å². The van der Waals surface area contributed by atoms with Gasteiger partial charge in [0.25, 0.3) is 0 Å². The SMILES string of the molecule is Cc1cnc(Nc2ccc3c(c2)[C@H]2NC(=O)OC2C3)nc1Nc1ccc(OCc2ccccn2)cc1. The zero-order valence-electron chi connectivity index (χ0n) is 19.6. The Kier molecular flexibility index (Phi) is 5.57. The maximum atomic E-state index is 11.6. The number of amides is 1. The number of pyridine rings is 1. The lowest BCUT2D eigenvalue weighted by Gasteiger charge is -2.13. The lowest BCUT2D eigenvalue weighted by Crippen LogP contribution is -2.18. The molecule has 0 saturated carbocycles. The summed E-state index contributed by atoms with van der Waals surface area (Å²) in [5.41, 5.74) is 5.76. The molecule has 1 aliphatic carbocycles. The van der Waals surface area contributed by atoms with Crippen LogP contribution < -0.4 is 20.7 Å². The lowest BCUT2D eigenvalue weighted by atomic mass is 10.1. The third-order valence-electron chi connectivity index (χ3n) is 6.26. The fraction of sp³-hybridized carbons (Fsp3) is 0.185. The van der Waals surface area contributed by atoms with Crippen molar-refractivity contribution in [2.45, 2.75) is 32.1 Å². The number of hydrogen-bond donors (Lipinski definition) is 3. The van der Waals surface area contributed by atoms with E-state index < -0.39 is 0 Å². The number of hydrogen-bond acceptors (Lipinski definition) is 8. The molecule has 180 valence electrons. The third-order valence-corrected chi connectivity index (χ3v) is 6.26. The Hall–Kier alpha value is -4.66. The quantitative estimate of drug-likeness (QED) is 0.341. The monoisotopic (exact) mass is 480 g/mol. The van der Waals surface area contributed by atoms with Crippen LogP contribution in [-0.4, -0.2) is 27.1 Å². The smallest absolute Gasteiger partial charge is 0.408 e. The normalized spacial score (nSPS) is 17.5. The molecule has 0 bridgehead atoms. The number of anilines is 4. The van der Waals surface area contributed by atoms with E-state index >= 15 is 0 Å². The molecule has 1 saturated heterocycles. The molecule has 4 aromatic rings. The fourth-order valence-electron chi connectivity index (χ4n) is 4.43. The van der Waals surface area contributed by atoms with Crippen molar-refractivity contribution in [1.29, 1.82) is 0 Å². The van der Waals surface area contributed by atoms with Crippen LogP contribution in [0, 0.1) is 6.92 Å². The van der Waals surface area contributed by atoms with E-state index in [1.165, 1.54) is 5.56 Å². The van der Waals surface area contributed by atoms with Gasteiger partial charge in [-0.25, -0.2) is 9.78 Å². The second kappa shape index (κ2) is 9.18. The number of fused-ring (bicyclic) bond motifs is 3. The van der Waals surface area contributed by atoms with Crippen LogP contribution >= 0.6 is 0 Å². The first-order valence-electron chi connectivity index (χ1n) is 11.7. The number of carbonyl (C=O) groups excluding carboxylic acids is 1. The molecule has 2 aliphatic rings. The maximum absolute atomic E-state index is 11.6. The van der Waals surface area contributed by atoms with Gasteiger partial charge in [0.05, 0.1) is 11.7 Å². The number of aromatic nitrogens is 3.